The molecule has 49 valence electrons. The van der Waals surface area contributed by atoms with Gasteiger partial charge >= 0.3 is 0 Å². The summed E-state index contributed by atoms with van der Waals surface area (Å²) < 4.78 is 0. The molecule has 0 aromatic heterocycles. The van der Waals surface area contributed by atoms with Gasteiger partial charge in [0.15, 0.2) is 0 Å². The summed E-state index contributed by atoms with van der Waals surface area (Å²) in [4.78, 5) is 0. The first kappa shape index (κ1) is 11.4. The van der Waals surface area contributed by atoms with E-state index in [4.69, 9.17) is 23.2 Å². The van der Waals surface area contributed by atoms with E-state index in [1.807, 2.05) is 19.1 Å². The van der Waals surface area contributed by atoms with Gasteiger partial charge in [0.25, 0.3) is 0 Å². The summed E-state index contributed by atoms with van der Waals surface area (Å²) in [6.07, 6.45) is 0. The molecule has 0 nitrogen and oxygen atoms in total. The molecular formula is C7H6Cl2K. The van der Waals surface area contributed by atoms with Crippen LogP contribution in [0.15, 0.2) is 18.2 Å². The first-order valence-electron chi connectivity index (χ1n) is 2.62. The van der Waals surface area contributed by atoms with E-state index in [-0.39, 0.29) is 51.4 Å². The number of halogens is 2. The molecule has 0 heterocycles. The smallest absolute Gasteiger partial charge is 0.0594 e. The normalized spacial score (nSPS) is 8.70. The molecule has 0 fully saturated rings. The maximum Gasteiger partial charge on any atom is 0.0594 e. The van der Waals surface area contributed by atoms with Crippen molar-refractivity contribution in [1.29, 1.82) is 0 Å². The van der Waals surface area contributed by atoms with Crippen molar-refractivity contribution in [3.8, 4) is 0 Å². The molecule has 0 amide bonds. The number of hydrogen-bond donors (Lipinski definition) is 0. The minimum atomic E-state index is 0. The van der Waals surface area contributed by atoms with Crippen molar-refractivity contribution in [1.82, 2.24) is 0 Å². The largest absolute Gasteiger partial charge is 0.0827 e. The van der Waals surface area contributed by atoms with Crippen LogP contribution in [0.25, 0.3) is 0 Å². The molecule has 0 aliphatic rings. The van der Waals surface area contributed by atoms with Gasteiger partial charge in [-0.2, -0.15) is 0 Å². The van der Waals surface area contributed by atoms with Gasteiger partial charge in [-0.1, -0.05) is 29.3 Å². The van der Waals surface area contributed by atoms with Crippen LogP contribution < -0.4 is 0 Å². The van der Waals surface area contributed by atoms with Crippen molar-refractivity contribution in [2.24, 2.45) is 0 Å². The molecule has 0 bridgehead atoms. The van der Waals surface area contributed by atoms with Crippen LogP contribution in [0, 0.1) is 6.92 Å². The fourth-order valence-corrected chi connectivity index (χ4v) is 0.954. The standard InChI is InChI=1S/C7H6Cl2.K/c1-5-2-3-6(8)7(9)4-5;/h2-4H,1H3;. The number of benzene rings is 1. The molecule has 1 rings (SSSR count). The summed E-state index contributed by atoms with van der Waals surface area (Å²) in [7, 11) is 0. The SMILES string of the molecule is Cc1ccc(Cl)c(Cl)c1.[K]. The third kappa shape index (κ3) is 3.22. The Morgan fingerprint density at radius 2 is 1.70 bits per heavy atom. The van der Waals surface area contributed by atoms with Crippen molar-refractivity contribution in [2.75, 3.05) is 0 Å². The van der Waals surface area contributed by atoms with Gasteiger partial charge in [-0.3, -0.25) is 0 Å². The Morgan fingerprint density at radius 1 is 1.10 bits per heavy atom. The summed E-state index contributed by atoms with van der Waals surface area (Å²) in [5.41, 5.74) is 1.13. The molecule has 0 saturated heterocycles. The van der Waals surface area contributed by atoms with Crippen LogP contribution in [0.1, 0.15) is 5.56 Å². The first-order valence-corrected chi connectivity index (χ1v) is 3.37. The molecule has 0 spiro atoms. The maximum atomic E-state index is 5.68. The van der Waals surface area contributed by atoms with E-state index < -0.39 is 0 Å². The monoisotopic (exact) mass is 199 g/mol. The summed E-state index contributed by atoms with van der Waals surface area (Å²) in [5.74, 6) is 0. The molecule has 0 aliphatic carbocycles. The van der Waals surface area contributed by atoms with Crippen molar-refractivity contribution in [3.63, 3.8) is 0 Å². The zero-order valence-electron chi connectivity index (χ0n) is 5.99. The second-order valence-electron chi connectivity index (χ2n) is 1.92. The molecule has 0 saturated carbocycles. The number of rotatable bonds is 0. The minimum Gasteiger partial charge on any atom is -0.0827 e. The van der Waals surface area contributed by atoms with Gasteiger partial charge in [-0.25, -0.2) is 0 Å². The van der Waals surface area contributed by atoms with Gasteiger partial charge < -0.3 is 0 Å². The fourth-order valence-electron chi connectivity index (χ4n) is 0.601. The van der Waals surface area contributed by atoms with E-state index >= 15 is 0 Å². The van der Waals surface area contributed by atoms with Gasteiger partial charge in [0.2, 0.25) is 0 Å². The van der Waals surface area contributed by atoms with Crippen LogP contribution in [0.5, 0.6) is 0 Å². The van der Waals surface area contributed by atoms with Crippen LogP contribution in [-0.2, 0) is 0 Å². The Balaban J connectivity index is 0.000000810. The van der Waals surface area contributed by atoms with Crippen LogP contribution >= 0.6 is 23.2 Å². The quantitative estimate of drug-likeness (QED) is 0.565. The van der Waals surface area contributed by atoms with E-state index in [1.54, 1.807) is 6.07 Å². The van der Waals surface area contributed by atoms with Crippen LogP contribution in [0.3, 0.4) is 0 Å². The minimum absolute atomic E-state index is 0. The van der Waals surface area contributed by atoms with E-state index in [9.17, 15) is 0 Å². The van der Waals surface area contributed by atoms with Crippen molar-refractivity contribution in [2.45, 2.75) is 6.92 Å². The van der Waals surface area contributed by atoms with Crippen molar-refractivity contribution >= 4 is 74.6 Å². The average molecular weight is 200 g/mol. The second-order valence-corrected chi connectivity index (χ2v) is 2.73. The van der Waals surface area contributed by atoms with Gasteiger partial charge in [0, 0.05) is 51.4 Å². The van der Waals surface area contributed by atoms with Gasteiger partial charge in [0.05, 0.1) is 10.0 Å². The number of hydrogen-bond acceptors (Lipinski definition) is 0. The zero-order chi connectivity index (χ0) is 6.85. The summed E-state index contributed by atoms with van der Waals surface area (Å²) in [6.45, 7) is 1.97. The summed E-state index contributed by atoms with van der Waals surface area (Å²) >= 11 is 11.3. The molecule has 0 atom stereocenters. The van der Waals surface area contributed by atoms with Crippen LogP contribution in [0.4, 0.5) is 0 Å². The Labute approximate surface area is 113 Å². The van der Waals surface area contributed by atoms with E-state index in [1.165, 1.54) is 0 Å². The second kappa shape index (κ2) is 5.15. The summed E-state index contributed by atoms with van der Waals surface area (Å²) in [5, 5.41) is 1.24. The molecule has 1 aromatic rings. The first-order chi connectivity index (χ1) is 4.20. The molecule has 10 heavy (non-hydrogen) atoms. The fraction of sp³-hybridized carbons (Fsp3) is 0.143. The van der Waals surface area contributed by atoms with Crippen LogP contribution in [-0.4, -0.2) is 51.4 Å². The van der Waals surface area contributed by atoms with E-state index in [0.717, 1.165) is 5.56 Å². The Hall–Kier alpha value is 1.44. The molecule has 0 unspecified atom stereocenters. The molecule has 1 radical (unpaired) electrons. The predicted molar refractivity (Wildman–Crippen MR) is 47.0 cm³/mol. The topological polar surface area (TPSA) is 0 Å². The zero-order valence-corrected chi connectivity index (χ0v) is 10.6. The third-order valence-electron chi connectivity index (χ3n) is 1.08. The van der Waals surface area contributed by atoms with Gasteiger partial charge in [-0.05, 0) is 24.6 Å². The average Bonchev–Trinajstić information content (AvgIpc) is 1.80. The van der Waals surface area contributed by atoms with E-state index in [0.29, 0.717) is 10.0 Å². The Kier molecular flexibility index (Phi) is 5.89. The number of aryl methyl sites for hydroxylation is 1. The van der Waals surface area contributed by atoms with Crippen LogP contribution in [0.2, 0.25) is 10.0 Å². The maximum absolute atomic E-state index is 5.68. The predicted octanol–water partition coefficient (Wildman–Crippen LogP) is 2.92. The molecule has 0 N–H and O–H groups in total. The third-order valence-corrected chi connectivity index (χ3v) is 1.81. The van der Waals surface area contributed by atoms with Gasteiger partial charge in [0.1, 0.15) is 0 Å². The Morgan fingerprint density at radius 3 is 2.10 bits per heavy atom. The van der Waals surface area contributed by atoms with Crippen molar-refractivity contribution < 1.29 is 0 Å². The molecule has 1 aromatic carbocycles. The van der Waals surface area contributed by atoms with E-state index in [2.05, 4.69) is 0 Å². The molecule has 3 heteroatoms. The summed E-state index contributed by atoms with van der Waals surface area (Å²) in [6, 6.07) is 5.55. The molecular weight excluding hydrogens is 194 g/mol. The van der Waals surface area contributed by atoms with Crippen molar-refractivity contribution in [3.05, 3.63) is 33.8 Å². The van der Waals surface area contributed by atoms with Gasteiger partial charge in [-0.15, -0.1) is 0 Å². The Bertz CT molecular complexity index is 223. The molecule has 0 aliphatic heterocycles.